The quantitative estimate of drug-likeness (QED) is 0.646. The monoisotopic (exact) mass is 391 g/mol. The molecule has 4 rings (SSSR count). The maximum Gasteiger partial charge on any atom is 0.163 e. The molecule has 1 aliphatic rings. The number of rotatable bonds is 5. The maximum atomic E-state index is 11.8. The van der Waals surface area contributed by atoms with Crippen LogP contribution in [0.5, 0.6) is 0 Å². The number of carbonyl (C=O) groups excluding carboxylic acids is 1. The first-order valence-corrected chi connectivity index (χ1v) is 9.71. The van der Waals surface area contributed by atoms with Gasteiger partial charge in [-0.25, -0.2) is 9.97 Å². The molecule has 2 aromatic heterocycles. The summed E-state index contributed by atoms with van der Waals surface area (Å²) in [5, 5.41) is 10.4. The van der Waals surface area contributed by atoms with Crippen LogP contribution in [0.2, 0.25) is 0 Å². The highest BCUT2D eigenvalue weighted by Gasteiger charge is 2.18. The van der Waals surface area contributed by atoms with Gasteiger partial charge in [-0.1, -0.05) is 18.2 Å². The SMILES string of the molecule is CC(=O)c1cccc(-c2nc(Nc3cc(C)[nH]n3)cc(N3CCN(C)CC3)n2)c1. The lowest BCUT2D eigenvalue weighted by Crippen LogP contribution is -2.44. The van der Waals surface area contributed by atoms with Crippen molar-refractivity contribution in [2.45, 2.75) is 13.8 Å². The van der Waals surface area contributed by atoms with Crippen LogP contribution in [0.4, 0.5) is 17.5 Å². The molecule has 8 nitrogen and oxygen atoms in total. The van der Waals surface area contributed by atoms with Crippen LogP contribution in [0.15, 0.2) is 36.4 Å². The number of ketones is 1. The Labute approximate surface area is 170 Å². The molecular weight excluding hydrogens is 366 g/mol. The number of likely N-dealkylation sites (N-methyl/N-ethyl adjacent to an activating group) is 1. The highest BCUT2D eigenvalue weighted by Crippen LogP contribution is 2.25. The second-order valence-electron chi connectivity index (χ2n) is 7.42. The van der Waals surface area contributed by atoms with E-state index >= 15 is 0 Å². The molecule has 0 radical (unpaired) electrons. The molecular formula is C21H25N7O. The Hall–Kier alpha value is -3.26. The zero-order chi connectivity index (χ0) is 20.4. The van der Waals surface area contributed by atoms with Crippen molar-refractivity contribution in [1.29, 1.82) is 0 Å². The molecule has 0 aliphatic carbocycles. The van der Waals surface area contributed by atoms with E-state index in [-0.39, 0.29) is 5.78 Å². The number of carbonyl (C=O) groups is 1. The molecule has 150 valence electrons. The van der Waals surface area contributed by atoms with Gasteiger partial charge in [0.1, 0.15) is 11.6 Å². The number of aromatic amines is 1. The summed E-state index contributed by atoms with van der Waals surface area (Å²) in [5.41, 5.74) is 2.43. The summed E-state index contributed by atoms with van der Waals surface area (Å²) in [7, 11) is 2.13. The summed E-state index contributed by atoms with van der Waals surface area (Å²) in [6, 6.07) is 11.3. The number of hydrogen-bond acceptors (Lipinski definition) is 7. The van der Waals surface area contributed by atoms with E-state index < -0.39 is 0 Å². The summed E-state index contributed by atoms with van der Waals surface area (Å²) < 4.78 is 0. The Kier molecular flexibility index (Phi) is 5.26. The van der Waals surface area contributed by atoms with Gasteiger partial charge in [-0.05, 0) is 27.0 Å². The molecule has 0 unspecified atom stereocenters. The van der Waals surface area contributed by atoms with Crippen molar-refractivity contribution >= 4 is 23.2 Å². The fraction of sp³-hybridized carbons (Fsp3) is 0.333. The molecule has 0 spiro atoms. The van der Waals surface area contributed by atoms with E-state index in [4.69, 9.17) is 9.97 Å². The lowest BCUT2D eigenvalue weighted by atomic mass is 10.1. The second kappa shape index (κ2) is 8.00. The molecule has 0 saturated carbocycles. The smallest absolute Gasteiger partial charge is 0.163 e. The predicted octanol–water partition coefficient (Wildman–Crippen LogP) is 2.87. The number of aryl methyl sites for hydroxylation is 1. The van der Waals surface area contributed by atoms with E-state index in [1.165, 1.54) is 0 Å². The fourth-order valence-corrected chi connectivity index (χ4v) is 3.32. The van der Waals surface area contributed by atoms with Crippen molar-refractivity contribution in [3.63, 3.8) is 0 Å². The van der Waals surface area contributed by atoms with Crippen molar-refractivity contribution in [1.82, 2.24) is 25.1 Å². The van der Waals surface area contributed by atoms with E-state index in [1.54, 1.807) is 6.92 Å². The number of benzene rings is 1. The number of Topliss-reactive ketones (excluding diaryl/α,β-unsaturated/α-hetero) is 1. The number of piperazine rings is 1. The Bertz CT molecular complexity index is 1020. The number of anilines is 3. The minimum absolute atomic E-state index is 0.0208. The molecule has 0 atom stereocenters. The molecule has 3 aromatic rings. The summed E-state index contributed by atoms with van der Waals surface area (Å²) in [4.78, 5) is 25.9. The minimum Gasteiger partial charge on any atom is -0.354 e. The van der Waals surface area contributed by atoms with Gasteiger partial charge in [-0.15, -0.1) is 0 Å². The van der Waals surface area contributed by atoms with Gasteiger partial charge >= 0.3 is 0 Å². The van der Waals surface area contributed by atoms with Crippen molar-refractivity contribution in [2.75, 3.05) is 43.4 Å². The van der Waals surface area contributed by atoms with E-state index in [0.717, 1.165) is 43.3 Å². The largest absolute Gasteiger partial charge is 0.354 e. The van der Waals surface area contributed by atoms with Gasteiger partial charge in [0, 0.05) is 55.1 Å². The molecule has 1 saturated heterocycles. The molecule has 1 aliphatic heterocycles. The van der Waals surface area contributed by atoms with Crippen LogP contribution in [-0.2, 0) is 0 Å². The average Bonchev–Trinajstić information content (AvgIpc) is 3.13. The van der Waals surface area contributed by atoms with Crippen molar-refractivity contribution in [3.8, 4) is 11.4 Å². The summed E-state index contributed by atoms with van der Waals surface area (Å²) in [6.07, 6.45) is 0. The Balaban J connectivity index is 1.73. The van der Waals surface area contributed by atoms with Gasteiger partial charge in [-0.2, -0.15) is 5.10 Å². The van der Waals surface area contributed by atoms with Crippen LogP contribution in [0.25, 0.3) is 11.4 Å². The van der Waals surface area contributed by atoms with Gasteiger partial charge in [0.25, 0.3) is 0 Å². The van der Waals surface area contributed by atoms with Crippen molar-refractivity contribution in [2.24, 2.45) is 0 Å². The zero-order valence-electron chi connectivity index (χ0n) is 16.9. The lowest BCUT2D eigenvalue weighted by molar-refractivity contribution is 0.101. The second-order valence-corrected chi connectivity index (χ2v) is 7.42. The Morgan fingerprint density at radius 1 is 1.07 bits per heavy atom. The normalized spacial score (nSPS) is 14.8. The molecule has 1 aromatic carbocycles. The molecule has 3 heterocycles. The third-order valence-electron chi connectivity index (χ3n) is 5.03. The number of aromatic nitrogens is 4. The number of nitrogens with one attached hydrogen (secondary N) is 2. The molecule has 1 fully saturated rings. The lowest BCUT2D eigenvalue weighted by Gasteiger charge is -2.33. The number of nitrogens with zero attached hydrogens (tertiary/aromatic N) is 5. The van der Waals surface area contributed by atoms with E-state index in [2.05, 4.69) is 32.4 Å². The van der Waals surface area contributed by atoms with Gasteiger partial charge < -0.3 is 15.1 Å². The summed E-state index contributed by atoms with van der Waals surface area (Å²) in [5.74, 6) is 2.84. The topological polar surface area (TPSA) is 90.0 Å². The summed E-state index contributed by atoms with van der Waals surface area (Å²) in [6.45, 7) is 7.30. The number of H-pyrrole nitrogens is 1. The Morgan fingerprint density at radius 2 is 1.86 bits per heavy atom. The number of hydrogen-bond donors (Lipinski definition) is 2. The first kappa shape index (κ1) is 19.1. The van der Waals surface area contributed by atoms with Gasteiger partial charge in [0.15, 0.2) is 17.4 Å². The predicted molar refractivity (Wildman–Crippen MR) is 114 cm³/mol. The maximum absolute atomic E-state index is 11.8. The molecule has 29 heavy (non-hydrogen) atoms. The highest BCUT2D eigenvalue weighted by atomic mass is 16.1. The Morgan fingerprint density at radius 3 is 2.55 bits per heavy atom. The van der Waals surface area contributed by atoms with Gasteiger partial charge in [0.2, 0.25) is 0 Å². The fourth-order valence-electron chi connectivity index (χ4n) is 3.32. The van der Waals surface area contributed by atoms with Crippen LogP contribution < -0.4 is 10.2 Å². The van der Waals surface area contributed by atoms with Crippen LogP contribution in [0.3, 0.4) is 0 Å². The van der Waals surface area contributed by atoms with Gasteiger partial charge in [0.05, 0.1) is 0 Å². The third kappa shape index (κ3) is 4.43. The van der Waals surface area contributed by atoms with Crippen LogP contribution in [0.1, 0.15) is 23.0 Å². The standard InChI is InChI=1S/C21H25N7O/c1-14-11-19(26-25-14)22-18-13-20(28-9-7-27(3)8-10-28)24-21(23-18)17-6-4-5-16(12-17)15(2)29/h4-6,11-13H,7-10H2,1-3H3,(H2,22,23,24,25,26). The van der Waals surface area contributed by atoms with Crippen molar-refractivity contribution in [3.05, 3.63) is 47.7 Å². The van der Waals surface area contributed by atoms with E-state index in [0.29, 0.717) is 23.0 Å². The van der Waals surface area contributed by atoms with E-state index in [9.17, 15) is 4.79 Å². The van der Waals surface area contributed by atoms with Crippen LogP contribution in [-0.4, -0.2) is 64.1 Å². The summed E-state index contributed by atoms with van der Waals surface area (Å²) >= 11 is 0. The highest BCUT2D eigenvalue weighted by molar-refractivity contribution is 5.95. The van der Waals surface area contributed by atoms with Crippen molar-refractivity contribution < 1.29 is 4.79 Å². The molecule has 8 heteroatoms. The molecule has 2 N–H and O–H groups in total. The van der Waals surface area contributed by atoms with Crippen LogP contribution in [0, 0.1) is 6.92 Å². The third-order valence-corrected chi connectivity index (χ3v) is 5.03. The minimum atomic E-state index is 0.0208. The zero-order valence-corrected chi connectivity index (χ0v) is 16.9. The van der Waals surface area contributed by atoms with E-state index in [1.807, 2.05) is 43.3 Å². The first-order valence-electron chi connectivity index (χ1n) is 9.71. The molecule has 0 amide bonds. The van der Waals surface area contributed by atoms with Gasteiger partial charge in [-0.3, -0.25) is 9.89 Å². The van der Waals surface area contributed by atoms with Crippen LogP contribution >= 0.6 is 0 Å². The first-order chi connectivity index (χ1) is 14.0. The molecule has 0 bridgehead atoms. The average molecular weight is 391 g/mol.